The van der Waals surface area contributed by atoms with E-state index < -0.39 is 23.6 Å². The Morgan fingerprint density at radius 3 is 2.34 bits per heavy atom. The molecule has 0 unspecified atom stereocenters. The third kappa shape index (κ3) is 3.24. The summed E-state index contributed by atoms with van der Waals surface area (Å²) in [7, 11) is 0. The van der Waals surface area contributed by atoms with Gasteiger partial charge in [-0.3, -0.25) is 4.79 Å². The Labute approximate surface area is 158 Å². The summed E-state index contributed by atoms with van der Waals surface area (Å²) in [4.78, 5) is 19.2. The molecule has 4 N–H and O–H groups in total. The van der Waals surface area contributed by atoms with Crippen molar-refractivity contribution in [3.63, 3.8) is 0 Å². The molecule has 0 radical (unpaired) electrons. The first-order valence-electron chi connectivity index (χ1n) is 7.94. The summed E-state index contributed by atoms with van der Waals surface area (Å²) in [5.41, 5.74) is 9.03. The maximum absolute atomic E-state index is 13.6. The molecule has 8 nitrogen and oxygen atoms in total. The van der Waals surface area contributed by atoms with Crippen LogP contribution in [0.15, 0.2) is 40.8 Å². The number of nitrogens with zero attached hydrogens (tertiary/aromatic N) is 4. The summed E-state index contributed by atoms with van der Waals surface area (Å²) in [5, 5.41) is 3.82. The number of anilines is 1. The Morgan fingerprint density at radius 1 is 1.07 bits per heavy atom. The van der Waals surface area contributed by atoms with E-state index in [0.29, 0.717) is 4.52 Å². The number of primary amides is 1. The van der Waals surface area contributed by atoms with Crippen molar-refractivity contribution in [2.24, 2.45) is 5.73 Å². The lowest BCUT2D eigenvalue weighted by Gasteiger charge is -2.11. The van der Waals surface area contributed by atoms with Crippen LogP contribution < -0.4 is 11.5 Å². The fourth-order valence-corrected chi connectivity index (χ4v) is 2.67. The summed E-state index contributed by atoms with van der Waals surface area (Å²) in [6, 6.07) is 6.79. The highest BCUT2D eigenvalue weighted by Crippen LogP contribution is 2.33. The van der Waals surface area contributed by atoms with Gasteiger partial charge >= 0.3 is 6.18 Å². The van der Waals surface area contributed by atoms with Gasteiger partial charge in [0.25, 0.3) is 5.91 Å². The van der Waals surface area contributed by atoms with Crippen LogP contribution in [0.4, 0.5) is 23.4 Å². The fourth-order valence-electron chi connectivity index (χ4n) is 2.67. The molecule has 3 heterocycles. The molecule has 1 amide bonds. The Hall–Kier alpha value is -3.96. The summed E-state index contributed by atoms with van der Waals surface area (Å²) >= 11 is 0. The monoisotopic (exact) mass is 406 g/mol. The lowest BCUT2D eigenvalue weighted by atomic mass is 10.1. The molecule has 0 aliphatic rings. The molecule has 0 spiro atoms. The van der Waals surface area contributed by atoms with Gasteiger partial charge in [0.2, 0.25) is 11.8 Å². The molecule has 0 aliphatic heterocycles. The van der Waals surface area contributed by atoms with Crippen LogP contribution in [0.1, 0.15) is 16.2 Å². The molecule has 1 aromatic carbocycles. The second kappa shape index (κ2) is 6.29. The number of hydrogen-bond acceptors (Lipinski definition) is 6. The zero-order chi connectivity index (χ0) is 20.9. The van der Waals surface area contributed by atoms with Gasteiger partial charge in [-0.05, 0) is 30.3 Å². The molecule has 148 valence electrons. The van der Waals surface area contributed by atoms with Crippen molar-refractivity contribution in [3.8, 4) is 22.8 Å². The van der Waals surface area contributed by atoms with Crippen LogP contribution in [-0.4, -0.2) is 25.5 Å². The number of amides is 1. The zero-order valence-electron chi connectivity index (χ0n) is 14.2. The molecule has 29 heavy (non-hydrogen) atoms. The van der Waals surface area contributed by atoms with Crippen LogP contribution in [0.3, 0.4) is 0 Å². The Morgan fingerprint density at radius 2 is 1.76 bits per heavy atom. The first kappa shape index (κ1) is 18.4. The topological polar surface area (TPSA) is 125 Å². The zero-order valence-corrected chi connectivity index (χ0v) is 14.2. The van der Waals surface area contributed by atoms with Crippen LogP contribution in [-0.2, 0) is 6.18 Å². The number of rotatable bonds is 3. The number of carbonyl (C=O) groups is 1. The van der Waals surface area contributed by atoms with Gasteiger partial charge in [-0.25, -0.2) is 18.9 Å². The minimum absolute atomic E-state index is 0.0407. The quantitative estimate of drug-likeness (QED) is 0.504. The van der Waals surface area contributed by atoms with Crippen molar-refractivity contribution in [3.05, 3.63) is 53.6 Å². The molecule has 0 saturated heterocycles. The number of hydrogen-bond donors (Lipinski definition) is 2. The summed E-state index contributed by atoms with van der Waals surface area (Å²) in [6.45, 7) is 0. The van der Waals surface area contributed by atoms with Crippen molar-refractivity contribution < 1.29 is 26.8 Å². The van der Waals surface area contributed by atoms with E-state index in [1.807, 2.05) is 0 Å². The second-order valence-corrected chi connectivity index (χ2v) is 5.93. The van der Waals surface area contributed by atoms with E-state index in [1.165, 1.54) is 18.2 Å². The number of benzene rings is 1. The molecular weight excluding hydrogens is 396 g/mol. The van der Waals surface area contributed by atoms with Crippen LogP contribution in [0, 0.1) is 5.82 Å². The van der Waals surface area contributed by atoms with Crippen LogP contribution >= 0.6 is 0 Å². The normalized spacial score (nSPS) is 11.9. The predicted molar refractivity (Wildman–Crippen MR) is 91.8 cm³/mol. The number of fused-ring (bicyclic) bond motifs is 1. The lowest BCUT2D eigenvalue weighted by molar-refractivity contribution is -0.142. The molecule has 4 rings (SSSR count). The van der Waals surface area contributed by atoms with Gasteiger partial charge in [-0.2, -0.15) is 18.3 Å². The van der Waals surface area contributed by atoms with E-state index in [4.69, 9.17) is 15.9 Å². The fraction of sp³-hybridized carbons (Fsp3) is 0.0588. The molecule has 0 aliphatic carbocycles. The number of carbonyl (C=O) groups excluding carboxylic acids is 1. The van der Waals surface area contributed by atoms with Gasteiger partial charge in [-0.15, -0.1) is 0 Å². The average Bonchev–Trinajstić information content (AvgIpc) is 3.23. The van der Waals surface area contributed by atoms with Crippen LogP contribution in [0.2, 0.25) is 0 Å². The van der Waals surface area contributed by atoms with Gasteiger partial charge in [0.1, 0.15) is 5.82 Å². The number of nitrogens with two attached hydrogens (primary N) is 2. The highest BCUT2D eigenvalue weighted by atomic mass is 19.4. The smallest absolute Gasteiger partial charge is 0.418 e. The highest BCUT2D eigenvalue weighted by Gasteiger charge is 2.35. The first-order chi connectivity index (χ1) is 13.6. The average molecular weight is 406 g/mol. The first-order valence-corrected chi connectivity index (χ1v) is 7.94. The summed E-state index contributed by atoms with van der Waals surface area (Å²) in [5.74, 6) is -2.18. The van der Waals surface area contributed by atoms with E-state index in [9.17, 15) is 22.4 Å². The number of alkyl halides is 3. The number of aromatic nitrogens is 4. The number of nitrogen functional groups attached to an aromatic ring is 1. The molecule has 0 bridgehead atoms. The van der Waals surface area contributed by atoms with Gasteiger partial charge in [-0.1, -0.05) is 0 Å². The standard InChI is InChI=1S/C17H10F4N6O2/c18-8-3-1-7(2-4-8)9-5-11(17(19,20)21)27-12(24-9)6-10(26-27)16-25-13(14(22)28)15(23)29-16/h1-6H,23H2,(H2,22,28). The molecule has 12 heteroatoms. The lowest BCUT2D eigenvalue weighted by Crippen LogP contribution is -2.13. The van der Waals surface area contributed by atoms with Gasteiger partial charge in [0, 0.05) is 11.6 Å². The molecule has 0 atom stereocenters. The second-order valence-electron chi connectivity index (χ2n) is 5.93. The minimum atomic E-state index is -4.77. The van der Waals surface area contributed by atoms with E-state index in [0.717, 1.165) is 18.2 Å². The SMILES string of the molecule is NC(=O)c1nc(-c2cc3nc(-c4ccc(F)cc4)cc(C(F)(F)F)n3n2)oc1N. The van der Waals surface area contributed by atoms with Gasteiger partial charge < -0.3 is 15.9 Å². The van der Waals surface area contributed by atoms with Crippen molar-refractivity contribution in [2.75, 3.05) is 5.73 Å². The van der Waals surface area contributed by atoms with E-state index >= 15 is 0 Å². The Balaban J connectivity index is 1.92. The van der Waals surface area contributed by atoms with Crippen molar-refractivity contribution in [1.29, 1.82) is 0 Å². The van der Waals surface area contributed by atoms with Crippen molar-refractivity contribution in [1.82, 2.24) is 19.6 Å². The number of oxazole rings is 1. The predicted octanol–water partition coefficient (Wildman–Crippen LogP) is 2.89. The van der Waals surface area contributed by atoms with E-state index in [2.05, 4.69) is 15.1 Å². The maximum atomic E-state index is 13.6. The summed E-state index contributed by atoms with van der Waals surface area (Å²) in [6.07, 6.45) is -4.77. The third-order valence-corrected chi connectivity index (χ3v) is 3.96. The largest absolute Gasteiger partial charge is 0.433 e. The van der Waals surface area contributed by atoms with E-state index in [1.54, 1.807) is 0 Å². The molecule has 0 saturated carbocycles. The molecule has 3 aromatic heterocycles. The minimum Gasteiger partial charge on any atom is -0.418 e. The Kier molecular flexibility index (Phi) is 3.99. The maximum Gasteiger partial charge on any atom is 0.433 e. The Bertz CT molecular complexity index is 1240. The van der Waals surface area contributed by atoms with Gasteiger partial charge in [0.15, 0.2) is 22.7 Å². The molecule has 0 fully saturated rings. The summed E-state index contributed by atoms with van der Waals surface area (Å²) < 4.78 is 59.6. The van der Waals surface area contributed by atoms with Crippen LogP contribution in [0.25, 0.3) is 28.5 Å². The van der Waals surface area contributed by atoms with E-state index in [-0.39, 0.29) is 40.1 Å². The van der Waals surface area contributed by atoms with Crippen molar-refractivity contribution in [2.45, 2.75) is 6.18 Å². The van der Waals surface area contributed by atoms with Crippen molar-refractivity contribution >= 4 is 17.4 Å². The molecule has 4 aromatic rings. The van der Waals surface area contributed by atoms with Crippen LogP contribution in [0.5, 0.6) is 0 Å². The van der Waals surface area contributed by atoms with Gasteiger partial charge in [0.05, 0.1) is 5.69 Å². The highest BCUT2D eigenvalue weighted by molar-refractivity contribution is 5.95. The number of halogens is 4. The third-order valence-electron chi connectivity index (χ3n) is 3.96. The molecular formula is C17H10F4N6O2.